The molecule has 1 aliphatic heterocycles. The van der Waals surface area contributed by atoms with Crippen molar-refractivity contribution in [1.82, 2.24) is 0 Å². The lowest BCUT2D eigenvalue weighted by Crippen LogP contribution is -2.40. The average Bonchev–Trinajstić information content (AvgIpc) is 2.65. The van der Waals surface area contributed by atoms with Crippen LogP contribution in [0.25, 0.3) is 0 Å². The second-order valence-electron chi connectivity index (χ2n) is 6.52. The number of nitrogens with zero attached hydrogens (tertiary/aromatic N) is 1. The second-order valence-corrected chi connectivity index (χ2v) is 6.52. The number of benzene rings is 2. The zero-order valence-electron chi connectivity index (χ0n) is 15.2. The molecule has 2 N–H and O–H groups in total. The van der Waals surface area contributed by atoms with Gasteiger partial charge in [-0.15, -0.1) is 0 Å². The smallest absolute Gasteiger partial charge is 0.143 e. The number of ether oxygens (including phenoxy) is 2. The van der Waals surface area contributed by atoms with E-state index in [9.17, 15) is 0 Å². The van der Waals surface area contributed by atoms with Crippen molar-refractivity contribution < 1.29 is 9.47 Å². The van der Waals surface area contributed by atoms with E-state index < -0.39 is 0 Å². The molecule has 0 saturated heterocycles. The van der Waals surface area contributed by atoms with Gasteiger partial charge < -0.3 is 20.1 Å². The lowest BCUT2D eigenvalue weighted by molar-refractivity contribution is 0.188. The fourth-order valence-corrected chi connectivity index (χ4v) is 3.13. The minimum absolute atomic E-state index is 0.235. The maximum Gasteiger partial charge on any atom is 0.143 e. The van der Waals surface area contributed by atoms with Crippen molar-refractivity contribution in [3.05, 3.63) is 48.0 Å². The van der Waals surface area contributed by atoms with Crippen LogP contribution in [0.4, 0.5) is 11.4 Å². The molecule has 0 aromatic heterocycles. The van der Waals surface area contributed by atoms with Gasteiger partial charge in [0.1, 0.15) is 17.6 Å². The highest BCUT2D eigenvalue weighted by atomic mass is 16.5. The molecule has 0 aliphatic carbocycles. The van der Waals surface area contributed by atoms with Crippen LogP contribution in [0.5, 0.6) is 11.5 Å². The monoisotopic (exact) mass is 340 g/mol. The molecule has 1 heterocycles. The van der Waals surface area contributed by atoms with E-state index in [0.717, 1.165) is 55.2 Å². The van der Waals surface area contributed by atoms with Crippen molar-refractivity contribution in [1.29, 1.82) is 0 Å². The third-order valence-electron chi connectivity index (χ3n) is 4.67. The summed E-state index contributed by atoms with van der Waals surface area (Å²) in [6, 6.07) is 14.2. The summed E-state index contributed by atoms with van der Waals surface area (Å²) in [6.45, 7) is 6.86. The minimum atomic E-state index is 0.235. The zero-order chi connectivity index (χ0) is 17.6. The van der Waals surface area contributed by atoms with Crippen LogP contribution in [-0.4, -0.2) is 25.8 Å². The van der Waals surface area contributed by atoms with E-state index in [4.69, 9.17) is 15.2 Å². The quantitative estimate of drug-likeness (QED) is 0.604. The topological polar surface area (TPSA) is 47.7 Å². The van der Waals surface area contributed by atoms with Gasteiger partial charge in [0, 0.05) is 12.2 Å². The molecule has 0 bridgehead atoms. The number of fused-ring (bicyclic) bond motifs is 1. The molecule has 1 unspecified atom stereocenters. The first kappa shape index (κ1) is 17.5. The van der Waals surface area contributed by atoms with E-state index in [2.05, 4.69) is 43.0 Å². The maximum atomic E-state index is 6.04. The van der Waals surface area contributed by atoms with Gasteiger partial charge in [0.2, 0.25) is 0 Å². The van der Waals surface area contributed by atoms with Crippen molar-refractivity contribution in [2.75, 3.05) is 30.3 Å². The second kappa shape index (κ2) is 8.15. The Morgan fingerprint density at radius 2 is 1.96 bits per heavy atom. The Bertz CT molecular complexity index is 685. The lowest BCUT2D eigenvalue weighted by atomic mass is 10.1. The van der Waals surface area contributed by atoms with E-state index in [1.807, 2.05) is 18.2 Å². The van der Waals surface area contributed by atoms with Gasteiger partial charge in [-0.05, 0) is 55.2 Å². The molecule has 1 atom stereocenters. The normalized spacial score (nSPS) is 16.2. The first-order valence-electron chi connectivity index (χ1n) is 9.22. The number of nitrogen functional groups attached to an aromatic ring is 1. The van der Waals surface area contributed by atoms with E-state index in [-0.39, 0.29) is 6.10 Å². The predicted octanol–water partition coefficient (Wildman–Crippen LogP) is 4.28. The van der Waals surface area contributed by atoms with E-state index in [1.165, 1.54) is 5.56 Å². The van der Waals surface area contributed by atoms with Crippen LogP contribution in [0, 0.1) is 0 Å². The van der Waals surface area contributed by atoms with Gasteiger partial charge in [0.25, 0.3) is 0 Å². The van der Waals surface area contributed by atoms with Crippen molar-refractivity contribution in [3.63, 3.8) is 0 Å². The average molecular weight is 340 g/mol. The molecule has 3 rings (SSSR count). The fraction of sp³-hybridized carbons (Fsp3) is 0.429. The highest BCUT2D eigenvalue weighted by Crippen LogP contribution is 2.35. The van der Waals surface area contributed by atoms with Gasteiger partial charge in [-0.1, -0.05) is 26.0 Å². The Labute approximate surface area is 150 Å². The highest BCUT2D eigenvalue weighted by Gasteiger charge is 2.24. The molecule has 0 radical (unpaired) electrons. The van der Waals surface area contributed by atoms with Crippen molar-refractivity contribution in [3.8, 4) is 11.5 Å². The Kier molecular flexibility index (Phi) is 5.69. The molecular weight excluding hydrogens is 312 g/mol. The SMILES string of the molecule is CCc1ccc(OCCCN2CC(CC)Oc3ccc(N)cc32)cc1. The molecular formula is C21H28N2O2. The molecule has 0 fully saturated rings. The Hall–Kier alpha value is -2.36. The number of anilines is 2. The summed E-state index contributed by atoms with van der Waals surface area (Å²) in [5.41, 5.74) is 9.16. The predicted molar refractivity (Wildman–Crippen MR) is 104 cm³/mol. The summed E-state index contributed by atoms with van der Waals surface area (Å²) in [7, 11) is 0. The third kappa shape index (κ3) is 4.38. The van der Waals surface area contributed by atoms with Crippen LogP contribution in [0.15, 0.2) is 42.5 Å². The summed E-state index contributed by atoms with van der Waals surface area (Å²) in [5.74, 6) is 1.87. The third-order valence-corrected chi connectivity index (χ3v) is 4.67. The molecule has 134 valence electrons. The number of nitrogens with two attached hydrogens (primary N) is 1. The van der Waals surface area contributed by atoms with Crippen LogP contribution in [-0.2, 0) is 6.42 Å². The summed E-state index contributed by atoms with van der Waals surface area (Å²) in [6.07, 6.45) is 3.25. The summed E-state index contributed by atoms with van der Waals surface area (Å²) >= 11 is 0. The minimum Gasteiger partial charge on any atom is -0.494 e. The number of hydrogen-bond acceptors (Lipinski definition) is 4. The summed E-state index contributed by atoms with van der Waals surface area (Å²) in [4.78, 5) is 2.37. The fourth-order valence-electron chi connectivity index (χ4n) is 3.13. The van der Waals surface area contributed by atoms with Crippen LogP contribution in [0.2, 0.25) is 0 Å². The molecule has 2 aromatic carbocycles. The number of aryl methyl sites for hydroxylation is 1. The van der Waals surface area contributed by atoms with E-state index in [0.29, 0.717) is 6.61 Å². The van der Waals surface area contributed by atoms with Crippen molar-refractivity contribution in [2.24, 2.45) is 0 Å². The number of rotatable bonds is 7. The molecule has 0 spiro atoms. The molecule has 4 nitrogen and oxygen atoms in total. The van der Waals surface area contributed by atoms with Gasteiger partial charge in [-0.2, -0.15) is 0 Å². The molecule has 0 amide bonds. The zero-order valence-corrected chi connectivity index (χ0v) is 15.2. The van der Waals surface area contributed by atoms with Crippen LogP contribution in [0.1, 0.15) is 32.3 Å². The van der Waals surface area contributed by atoms with Gasteiger partial charge in [0.05, 0.1) is 18.8 Å². The van der Waals surface area contributed by atoms with Crippen molar-refractivity contribution in [2.45, 2.75) is 39.2 Å². The summed E-state index contributed by atoms with van der Waals surface area (Å²) < 4.78 is 11.9. The first-order chi connectivity index (χ1) is 12.2. The van der Waals surface area contributed by atoms with Crippen molar-refractivity contribution >= 4 is 11.4 Å². The first-order valence-corrected chi connectivity index (χ1v) is 9.22. The van der Waals surface area contributed by atoms with Crippen LogP contribution in [0.3, 0.4) is 0 Å². The number of hydrogen-bond donors (Lipinski definition) is 1. The van der Waals surface area contributed by atoms with Crippen LogP contribution < -0.4 is 20.1 Å². The van der Waals surface area contributed by atoms with Crippen LogP contribution >= 0.6 is 0 Å². The Morgan fingerprint density at radius 1 is 1.16 bits per heavy atom. The van der Waals surface area contributed by atoms with E-state index >= 15 is 0 Å². The summed E-state index contributed by atoms with van der Waals surface area (Å²) in [5, 5.41) is 0. The van der Waals surface area contributed by atoms with Gasteiger partial charge in [-0.3, -0.25) is 0 Å². The Morgan fingerprint density at radius 3 is 2.68 bits per heavy atom. The molecule has 25 heavy (non-hydrogen) atoms. The largest absolute Gasteiger partial charge is 0.494 e. The molecule has 2 aromatic rings. The van der Waals surface area contributed by atoms with Gasteiger partial charge >= 0.3 is 0 Å². The Balaban J connectivity index is 1.56. The van der Waals surface area contributed by atoms with Gasteiger partial charge in [-0.25, -0.2) is 0 Å². The lowest BCUT2D eigenvalue weighted by Gasteiger charge is -2.36. The molecule has 1 aliphatic rings. The molecule has 0 saturated carbocycles. The standard InChI is InChI=1S/C21H28N2O2/c1-3-16-6-9-19(10-7-16)24-13-5-12-23-15-18(4-2)25-21-11-8-17(22)14-20(21)23/h6-11,14,18H,3-5,12-13,15,22H2,1-2H3. The van der Waals surface area contributed by atoms with E-state index in [1.54, 1.807) is 0 Å². The maximum absolute atomic E-state index is 6.04. The molecule has 4 heteroatoms. The highest BCUT2D eigenvalue weighted by molar-refractivity contribution is 5.66. The van der Waals surface area contributed by atoms with Gasteiger partial charge in [0.15, 0.2) is 0 Å².